The Labute approximate surface area is 99.2 Å². The minimum Gasteiger partial charge on any atom is -0.357 e. The lowest BCUT2D eigenvalue weighted by molar-refractivity contribution is 0.462. The molecule has 0 saturated carbocycles. The lowest BCUT2D eigenvalue weighted by Gasteiger charge is -2.12. The van der Waals surface area contributed by atoms with Crippen LogP contribution in [-0.4, -0.2) is 29.3 Å². The molecule has 2 rings (SSSR count). The molecule has 1 aliphatic heterocycles. The van der Waals surface area contributed by atoms with Gasteiger partial charge in [0.05, 0.1) is 12.9 Å². The van der Waals surface area contributed by atoms with E-state index >= 15 is 0 Å². The average Bonchev–Trinajstić information content (AvgIpc) is 2.75. The van der Waals surface area contributed by atoms with E-state index in [1.165, 1.54) is 6.19 Å². The molecule has 16 heavy (non-hydrogen) atoms. The first-order chi connectivity index (χ1) is 7.76. The second-order valence-corrected chi connectivity index (χ2v) is 3.50. The molecular formula is C10H12ClN5. The maximum atomic E-state index is 7.10. The van der Waals surface area contributed by atoms with Crippen molar-refractivity contribution in [2.75, 3.05) is 13.1 Å². The Morgan fingerprint density at radius 1 is 1.56 bits per heavy atom. The molecule has 0 atom stereocenters. The van der Waals surface area contributed by atoms with Gasteiger partial charge in [-0.3, -0.25) is 4.99 Å². The summed E-state index contributed by atoms with van der Waals surface area (Å²) in [7, 11) is 0. The van der Waals surface area contributed by atoms with Crippen molar-refractivity contribution in [3.63, 3.8) is 0 Å². The maximum Gasteiger partial charge on any atom is 0.173 e. The van der Waals surface area contributed by atoms with Gasteiger partial charge in [0, 0.05) is 19.3 Å². The van der Waals surface area contributed by atoms with E-state index in [1.807, 2.05) is 18.5 Å². The fraction of sp³-hybridized carbons (Fsp3) is 0.300. The van der Waals surface area contributed by atoms with Gasteiger partial charge in [0.2, 0.25) is 0 Å². The van der Waals surface area contributed by atoms with E-state index in [1.54, 1.807) is 6.20 Å². The zero-order valence-corrected chi connectivity index (χ0v) is 9.43. The largest absolute Gasteiger partial charge is 0.357 e. The molecular weight excluding hydrogens is 226 g/mol. The standard InChI is InChI=1S/C9H10ClN3.CH2N2/c10-9-2-1-8(5-12-9)6-13-4-3-11-7-13;2-1-3/h1-2,5,7H,3-4,6H2;2H2. The summed E-state index contributed by atoms with van der Waals surface area (Å²) < 4.78 is 0. The summed E-state index contributed by atoms with van der Waals surface area (Å²) in [5, 5.41) is 7.64. The molecule has 0 radical (unpaired) electrons. The van der Waals surface area contributed by atoms with Gasteiger partial charge >= 0.3 is 0 Å². The molecule has 1 aromatic heterocycles. The summed E-state index contributed by atoms with van der Waals surface area (Å²) in [5.41, 5.74) is 5.32. The first kappa shape index (κ1) is 12.3. The van der Waals surface area contributed by atoms with E-state index in [0.29, 0.717) is 5.15 Å². The summed E-state index contributed by atoms with van der Waals surface area (Å²) in [6, 6.07) is 3.80. The lowest BCUT2D eigenvalue weighted by atomic mass is 10.3. The molecule has 1 aromatic rings. The van der Waals surface area contributed by atoms with Crippen molar-refractivity contribution in [2.45, 2.75) is 6.54 Å². The number of nitrogens with two attached hydrogens (primary N) is 1. The van der Waals surface area contributed by atoms with Crippen LogP contribution in [0.5, 0.6) is 0 Å². The Hall–Kier alpha value is -1.80. The lowest BCUT2D eigenvalue weighted by Crippen LogP contribution is -2.18. The molecule has 2 heterocycles. The molecule has 0 aliphatic carbocycles. The monoisotopic (exact) mass is 237 g/mol. The number of hydrogen-bond acceptors (Lipinski definition) is 5. The SMILES string of the molecule is Clc1ccc(CN2C=NCC2)cn1.N#CN. The van der Waals surface area contributed by atoms with Gasteiger partial charge in [-0.1, -0.05) is 17.7 Å². The Kier molecular flexibility index (Phi) is 5.09. The highest BCUT2D eigenvalue weighted by molar-refractivity contribution is 6.29. The number of aromatic nitrogens is 1. The third-order valence-corrected chi connectivity index (χ3v) is 2.16. The van der Waals surface area contributed by atoms with Crippen molar-refractivity contribution in [1.82, 2.24) is 9.88 Å². The number of aliphatic imine (C=N–C) groups is 1. The summed E-state index contributed by atoms with van der Waals surface area (Å²) in [6.45, 7) is 2.78. The summed E-state index contributed by atoms with van der Waals surface area (Å²) in [5.74, 6) is 0. The third-order valence-electron chi connectivity index (χ3n) is 1.94. The van der Waals surface area contributed by atoms with Crippen LogP contribution in [-0.2, 0) is 6.54 Å². The Morgan fingerprint density at radius 2 is 2.31 bits per heavy atom. The third kappa shape index (κ3) is 4.15. The fourth-order valence-electron chi connectivity index (χ4n) is 1.27. The van der Waals surface area contributed by atoms with Crippen molar-refractivity contribution in [3.05, 3.63) is 29.0 Å². The van der Waals surface area contributed by atoms with E-state index in [9.17, 15) is 0 Å². The van der Waals surface area contributed by atoms with Crippen LogP contribution in [0.4, 0.5) is 0 Å². The van der Waals surface area contributed by atoms with Gasteiger partial charge in [-0.05, 0) is 11.6 Å². The van der Waals surface area contributed by atoms with Gasteiger partial charge in [-0.2, -0.15) is 5.26 Å². The average molecular weight is 238 g/mol. The number of rotatable bonds is 2. The van der Waals surface area contributed by atoms with E-state index in [0.717, 1.165) is 25.2 Å². The Morgan fingerprint density at radius 3 is 2.81 bits per heavy atom. The van der Waals surface area contributed by atoms with Gasteiger partial charge in [-0.15, -0.1) is 0 Å². The van der Waals surface area contributed by atoms with Crippen LogP contribution in [0.25, 0.3) is 0 Å². The van der Waals surface area contributed by atoms with Crippen molar-refractivity contribution < 1.29 is 0 Å². The van der Waals surface area contributed by atoms with Gasteiger partial charge in [-0.25, -0.2) is 4.98 Å². The number of nitriles is 1. The molecule has 84 valence electrons. The van der Waals surface area contributed by atoms with E-state index in [2.05, 4.69) is 20.6 Å². The van der Waals surface area contributed by atoms with Crippen molar-refractivity contribution in [3.8, 4) is 6.19 Å². The molecule has 1 aliphatic rings. The van der Waals surface area contributed by atoms with Crippen molar-refractivity contribution in [2.24, 2.45) is 10.7 Å². The highest BCUT2D eigenvalue weighted by atomic mass is 35.5. The van der Waals surface area contributed by atoms with E-state index < -0.39 is 0 Å². The van der Waals surface area contributed by atoms with Crippen molar-refractivity contribution in [1.29, 1.82) is 5.26 Å². The van der Waals surface area contributed by atoms with Crippen LogP contribution >= 0.6 is 11.6 Å². The predicted octanol–water partition coefficient (Wildman–Crippen LogP) is 1.01. The molecule has 0 spiro atoms. The van der Waals surface area contributed by atoms with Crippen LogP contribution < -0.4 is 5.73 Å². The maximum absolute atomic E-state index is 7.10. The van der Waals surface area contributed by atoms with Gasteiger partial charge in [0.15, 0.2) is 6.19 Å². The molecule has 0 unspecified atom stereocenters. The minimum atomic E-state index is 0.541. The molecule has 5 nitrogen and oxygen atoms in total. The van der Waals surface area contributed by atoms with E-state index in [4.69, 9.17) is 16.9 Å². The minimum absolute atomic E-state index is 0.541. The van der Waals surface area contributed by atoms with E-state index in [-0.39, 0.29) is 0 Å². The van der Waals surface area contributed by atoms with Gasteiger partial charge in [0.1, 0.15) is 5.15 Å². The zero-order valence-electron chi connectivity index (χ0n) is 8.67. The number of pyridine rings is 1. The first-order valence-corrected chi connectivity index (χ1v) is 5.08. The highest BCUT2D eigenvalue weighted by Crippen LogP contribution is 2.08. The quantitative estimate of drug-likeness (QED) is 0.473. The molecule has 0 amide bonds. The predicted molar refractivity (Wildman–Crippen MR) is 62.8 cm³/mol. The molecule has 0 saturated heterocycles. The van der Waals surface area contributed by atoms with Crippen LogP contribution in [0.1, 0.15) is 5.56 Å². The second kappa shape index (κ2) is 6.64. The van der Waals surface area contributed by atoms with Crippen LogP contribution in [0.2, 0.25) is 5.15 Å². The smallest absolute Gasteiger partial charge is 0.173 e. The zero-order chi connectivity index (χ0) is 11.8. The molecule has 6 heteroatoms. The molecule has 0 aromatic carbocycles. The number of halogens is 1. The number of hydrogen-bond donors (Lipinski definition) is 1. The summed E-state index contributed by atoms with van der Waals surface area (Å²) >= 11 is 5.68. The normalized spacial score (nSPS) is 12.9. The van der Waals surface area contributed by atoms with Crippen molar-refractivity contribution >= 4 is 17.9 Å². The Balaban J connectivity index is 0.000000386. The molecule has 0 bridgehead atoms. The Bertz CT molecular complexity index is 381. The van der Waals surface area contributed by atoms with Crippen LogP contribution in [0.15, 0.2) is 23.3 Å². The first-order valence-electron chi connectivity index (χ1n) is 4.70. The molecule has 0 fully saturated rings. The van der Waals surface area contributed by atoms with Crippen LogP contribution in [0.3, 0.4) is 0 Å². The highest BCUT2D eigenvalue weighted by Gasteiger charge is 2.05. The summed E-state index contributed by atoms with van der Waals surface area (Å²) in [4.78, 5) is 10.3. The van der Waals surface area contributed by atoms with Gasteiger partial charge in [0.25, 0.3) is 0 Å². The molecule has 2 N–H and O–H groups in total. The number of nitrogens with zero attached hydrogens (tertiary/aromatic N) is 4. The van der Waals surface area contributed by atoms with Gasteiger partial charge < -0.3 is 10.6 Å². The topological polar surface area (TPSA) is 78.3 Å². The summed E-state index contributed by atoms with van der Waals surface area (Å²) in [6.07, 6.45) is 4.93. The second-order valence-electron chi connectivity index (χ2n) is 3.11. The van der Waals surface area contributed by atoms with Crippen LogP contribution in [0, 0.1) is 11.5 Å². The fourth-order valence-corrected chi connectivity index (χ4v) is 1.38.